The first-order valence-corrected chi connectivity index (χ1v) is 7.61. The first kappa shape index (κ1) is 18.4. The van der Waals surface area contributed by atoms with Crippen LogP contribution >= 0.6 is 0 Å². The Morgan fingerprint density at radius 3 is 2.42 bits per heavy atom. The molecule has 1 N–H and O–H groups in total. The zero-order valence-corrected chi connectivity index (χ0v) is 13.4. The summed E-state index contributed by atoms with van der Waals surface area (Å²) in [5, 5.41) is 3.34. The van der Waals surface area contributed by atoms with Crippen LogP contribution in [0.5, 0.6) is 0 Å². The van der Waals surface area contributed by atoms with E-state index in [0.29, 0.717) is 6.61 Å². The molecule has 0 fully saturated rings. The van der Waals surface area contributed by atoms with Gasteiger partial charge in [-0.2, -0.15) is 0 Å². The molecule has 0 bridgehead atoms. The first-order valence-electron chi connectivity index (χ1n) is 7.61. The van der Waals surface area contributed by atoms with Crippen molar-refractivity contribution >= 4 is 5.97 Å². The molecule has 19 heavy (non-hydrogen) atoms. The van der Waals surface area contributed by atoms with Crippen molar-refractivity contribution in [2.75, 3.05) is 33.3 Å². The maximum absolute atomic E-state index is 12.1. The summed E-state index contributed by atoms with van der Waals surface area (Å²) in [6.45, 7) is 11.4. The van der Waals surface area contributed by atoms with Crippen LogP contribution < -0.4 is 5.32 Å². The van der Waals surface area contributed by atoms with E-state index >= 15 is 0 Å². The molecule has 0 aliphatic heterocycles. The van der Waals surface area contributed by atoms with Gasteiger partial charge in [0.15, 0.2) is 0 Å². The molecule has 0 aliphatic rings. The highest BCUT2D eigenvalue weighted by atomic mass is 16.5. The number of hydrogen-bond acceptors (Lipinski definition) is 4. The molecule has 0 amide bonds. The molecule has 1 unspecified atom stereocenters. The van der Waals surface area contributed by atoms with Crippen molar-refractivity contribution in [3.05, 3.63) is 0 Å². The Labute approximate surface area is 118 Å². The van der Waals surface area contributed by atoms with Gasteiger partial charge in [-0.05, 0) is 53.2 Å². The van der Waals surface area contributed by atoms with Gasteiger partial charge >= 0.3 is 5.97 Å². The van der Waals surface area contributed by atoms with Crippen molar-refractivity contribution in [2.45, 2.75) is 58.9 Å². The second-order valence-corrected chi connectivity index (χ2v) is 5.39. The lowest BCUT2D eigenvalue weighted by Crippen LogP contribution is -2.52. The van der Waals surface area contributed by atoms with Gasteiger partial charge in [-0.1, -0.05) is 20.3 Å². The van der Waals surface area contributed by atoms with Gasteiger partial charge in [0.05, 0.1) is 6.61 Å². The van der Waals surface area contributed by atoms with Crippen molar-refractivity contribution < 1.29 is 9.53 Å². The van der Waals surface area contributed by atoms with E-state index < -0.39 is 5.54 Å². The summed E-state index contributed by atoms with van der Waals surface area (Å²) < 4.78 is 5.20. The Balaban J connectivity index is 4.36. The van der Waals surface area contributed by atoms with E-state index in [4.69, 9.17) is 4.74 Å². The molecule has 1 atom stereocenters. The topological polar surface area (TPSA) is 41.6 Å². The van der Waals surface area contributed by atoms with Gasteiger partial charge in [-0.3, -0.25) is 4.79 Å². The van der Waals surface area contributed by atoms with Gasteiger partial charge in [0, 0.05) is 6.54 Å². The van der Waals surface area contributed by atoms with Crippen LogP contribution in [0.3, 0.4) is 0 Å². The van der Waals surface area contributed by atoms with E-state index in [9.17, 15) is 4.79 Å². The minimum atomic E-state index is -0.563. The Hall–Kier alpha value is -0.610. The highest BCUT2D eigenvalue weighted by Gasteiger charge is 2.33. The van der Waals surface area contributed by atoms with E-state index in [-0.39, 0.29) is 5.97 Å². The van der Waals surface area contributed by atoms with Crippen molar-refractivity contribution in [2.24, 2.45) is 0 Å². The SMILES string of the molecule is CCCCN(C)CCC(C)(NCCC)C(=O)OCC. The minimum Gasteiger partial charge on any atom is -0.465 e. The predicted octanol–water partition coefficient (Wildman–Crippen LogP) is 2.43. The molecule has 4 heteroatoms. The van der Waals surface area contributed by atoms with E-state index in [1.807, 2.05) is 13.8 Å². The van der Waals surface area contributed by atoms with Crippen LogP contribution in [-0.2, 0) is 9.53 Å². The van der Waals surface area contributed by atoms with Crippen LogP contribution in [0.2, 0.25) is 0 Å². The standard InChI is InChI=1S/C15H32N2O2/c1-6-9-12-17(5)13-10-15(4,16-11-7-2)14(18)19-8-3/h16H,6-13H2,1-5H3. The number of ether oxygens (including phenoxy) is 1. The summed E-state index contributed by atoms with van der Waals surface area (Å²) in [7, 11) is 2.11. The average Bonchev–Trinajstić information content (AvgIpc) is 2.40. The number of carbonyl (C=O) groups excluding carboxylic acids is 1. The largest absolute Gasteiger partial charge is 0.465 e. The molecule has 4 nitrogen and oxygen atoms in total. The van der Waals surface area contributed by atoms with Crippen molar-refractivity contribution in [3.8, 4) is 0 Å². The molecule has 0 rings (SSSR count). The number of unbranched alkanes of at least 4 members (excludes halogenated alkanes) is 1. The first-order chi connectivity index (χ1) is 9.00. The molecular weight excluding hydrogens is 240 g/mol. The second kappa shape index (κ2) is 10.2. The summed E-state index contributed by atoms with van der Waals surface area (Å²) >= 11 is 0. The Kier molecular flexibility index (Phi) is 9.88. The minimum absolute atomic E-state index is 0.132. The number of nitrogens with zero attached hydrogens (tertiary/aromatic N) is 1. The molecule has 0 spiro atoms. The molecular formula is C15H32N2O2. The zero-order chi connectivity index (χ0) is 14.7. The van der Waals surface area contributed by atoms with Gasteiger partial charge in [0.1, 0.15) is 5.54 Å². The number of hydrogen-bond donors (Lipinski definition) is 1. The van der Waals surface area contributed by atoms with E-state index in [2.05, 4.69) is 31.1 Å². The number of nitrogens with one attached hydrogen (secondary N) is 1. The van der Waals surface area contributed by atoms with Gasteiger partial charge in [0.25, 0.3) is 0 Å². The third-order valence-corrected chi connectivity index (χ3v) is 3.38. The summed E-state index contributed by atoms with van der Waals surface area (Å²) in [4.78, 5) is 14.4. The monoisotopic (exact) mass is 272 g/mol. The molecule has 0 aromatic heterocycles. The zero-order valence-electron chi connectivity index (χ0n) is 13.4. The van der Waals surface area contributed by atoms with Crippen LogP contribution in [0.25, 0.3) is 0 Å². The second-order valence-electron chi connectivity index (χ2n) is 5.39. The van der Waals surface area contributed by atoms with Crippen LogP contribution in [0.1, 0.15) is 53.4 Å². The third-order valence-electron chi connectivity index (χ3n) is 3.38. The lowest BCUT2D eigenvalue weighted by atomic mass is 9.97. The summed E-state index contributed by atoms with van der Waals surface area (Å²) in [6, 6.07) is 0. The normalized spacial score (nSPS) is 14.4. The fraction of sp³-hybridized carbons (Fsp3) is 0.933. The molecule has 0 heterocycles. The quantitative estimate of drug-likeness (QED) is 0.587. The maximum Gasteiger partial charge on any atom is 0.326 e. The van der Waals surface area contributed by atoms with Gasteiger partial charge in [-0.25, -0.2) is 0 Å². The summed E-state index contributed by atoms with van der Waals surface area (Å²) in [6.07, 6.45) is 4.20. The van der Waals surface area contributed by atoms with E-state index in [0.717, 1.165) is 32.5 Å². The summed E-state index contributed by atoms with van der Waals surface area (Å²) in [5.74, 6) is -0.132. The Morgan fingerprint density at radius 2 is 1.89 bits per heavy atom. The molecule has 0 radical (unpaired) electrons. The van der Waals surface area contributed by atoms with Crippen LogP contribution in [0, 0.1) is 0 Å². The van der Waals surface area contributed by atoms with Gasteiger partial charge in [-0.15, -0.1) is 0 Å². The summed E-state index contributed by atoms with van der Waals surface area (Å²) in [5.41, 5.74) is -0.563. The van der Waals surface area contributed by atoms with Crippen molar-refractivity contribution in [3.63, 3.8) is 0 Å². The predicted molar refractivity (Wildman–Crippen MR) is 80.4 cm³/mol. The smallest absolute Gasteiger partial charge is 0.326 e. The molecule has 114 valence electrons. The number of carbonyl (C=O) groups is 1. The van der Waals surface area contributed by atoms with Gasteiger partial charge in [0.2, 0.25) is 0 Å². The molecule has 0 aliphatic carbocycles. The lowest BCUT2D eigenvalue weighted by Gasteiger charge is -2.30. The average molecular weight is 272 g/mol. The van der Waals surface area contributed by atoms with Crippen LogP contribution in [-0.4, -0.2) is 49.7 Å². The van der Waals surface area contributed by atoms with Crippen LogP contribution in [0.15, 0.2) is 0 Å². The van der Waals surface area contributed by atoms with Crippen molar-refractivity contribution in [1.82, 2.24) is 10.2 Å². The molecule has 0 aromatic rings. The van der Waals surface area contributed by atoms with Crippen molar-refractivity contribution in [1.29, 1.82) is 0 Å². The highest BCUT2D eigenvalue weighted by Crippen LogP contribution is 2.13. The van der Waals surface area contributed by atoms with Crippen LogP contribution in [0.4, 0.5) is 0 Å². The lowest BCUT2D eigenvalue weighted by molar-refractivity contribution is -0.151. The van der Waals surface area contributed by atoms with E-state index in [1.54, 1.807) is 0 Å². The number of rotatable bonds is 11. The Morgan fingerprint density at radius 1 is 1.21 bits per heavy atom. The third kappa shape index (κ3) is 7.53. The highest BCUT2D eigenvalue weighted by molar-refractivity contribution is 5.80. The maximum atomic E-state index is 12.1. The fourth-order valence-corrected chi connectivity index (χ4v) is 1.91. The molecule has 0 saturated carbocycles. The van der Waals surface area contributed by atoms with Gasteiger partial charge < -0.3 is 15.0 Å². The van der Waals surface area contributed by atoms with E-state index in [1.165, 1.54) is 12.8 Å². The molecule has 0 saturated heterocycles. The number of esters is 1. The Bertz CT molecular complexity index is 246. The molecule has 0 aromatic carbocycles. The fourth-order valence-electron chi connectivity index (χ4n) is 1.91.